The summed E-state index contributed by atoms with van der Waals surface area (Å²) in [6.45, 7) is 3.90. The first-order valence-electron chi connectivity index (χ1n) is 7.80. The van der Waals surface area contributed by atoms with Crippen molar-refractivity contribution in [1.82, 2.24) is 10.3 Å². The van der Waals surface area contributed by atoms with Crippen molar-refractivity contribution in [3.8, 4) is 11.6 Å². The Bertz CT molecular complexity index is 835. The lowest BCUT2D eigenvalue weighted by molar-refractivity contribution is 0.0936. The molecule has 0 aliphatic rings. The predicted molar refractivity (Wildman–Crippen MR) is 96.4 cm³/mol. The molecule has 1 aromatic carbocycles. The van der Waals surface area contributed by atoms with Crippen LogP contribution in [-0.4, -0.2) is 31.6 Å². The smallest absolute Gasteiger partial charge is 0.256 e. The predicted octanol–water partition coefficient (Wildman–Crippen LogP) is 2.77. The maximum atomic E-state index is 12.3. The number of rotatable bonds is 7. The van der Waals surface area contributed by atoms with Gasteiger partial charge in [-0.1, -0.05) is 6.92 Å². The van der Waals surface area contributed by atoms with Gasteiger partial charge in [-0.3, -0.25) is 9.52 Å². The van der Waals surface area contributed by atoms with Gasteiger partial charge in [-0.2, -0.15) is 0 Å². The first-order chi connectivity index (χ1) is 11.8. The van der Waals surface area contributed by atoms with Crippen LogP contribution in [0.5, 0.6) is 11.6 Å². The molecule has 8 heteroatoms. The third-order valence-corrected chi connectivity index (χ3v) is 3.98. The molecule has 1 heterocycles. The average molecular weight is 363 g/mol. The summed E-state index contributed by atoms with van der Waals surface area (Å²) in [7, 11) is -3.34. The number of hydrogen-bond donors (Lipinski definition) is 2. The quantitative estimate of drug-likeness (QED) is 0.788. The molecule has 0 unspecified atom stereocenters. The zero-order chi connectivity index (χ0) is 18.4. The van der Waals surface area contributed by atoms with Gasteiger partial charge in [0, 0.05) is 17.9 Å². The van der Waals surface area contributed by atoms with Gasteiger partial charge >= 0.3 is 0 Å². The molecule has 25 heavy (non-hydrogen) atoms. The molecule has 0 aliphatic carbocycles. The molecule has 0 fully saturated rings. The highest BCUT2D eigenvalue weighted by Gasteiger charge is 2.15. The van der Waals surface area contributed by atoms with Crippen molar-refractivity contribution in [3.63, 3.8) is 0 Å². The molecular weight excluding hydrogens is 342 g/mol. The minimum atomic E-state index is -3.34. The van der Waals surface area contributed by atoms with Crippen LogP contribution in [0.3, 0.4) is 0 Å². The molecule has 0 bridgehead atoms. The van der Waals surface area contributed by atoms with Crippen molar-refractivity contribution in [1.29, 1.82) is 0 Å². The molecule has 0 saturated carbocycles. The van der Waals surface area contributed by atoms with E-state index < -0.39 is 10.0 Å². The molecule has 0 aliphatic heterocycles. The van der Waals surface area contributed by atoms with E-state index in [1.54, 1.807) is 36.4 Å². The fourth-order valence-corrected chi connectivity index (χ4v) is 2.53. The average Bonchev–Trinajstić information content (AvgIpc) is 2.55. The van der Waals surface area contributed by atoms with Gasteiger partial charge in [0.2, 0.25) is 15.9 Å². The number of amides is 1. The summed E-state index contributed by atoms with van der Waals surface area (Å²) in [5.74, 6) is 0.371. The Kier molecular flexibility index (Phi) is 5.97. The number of aromatic nitrogens is 1. The number of carbonyl (C=O) groups is 1. The zero-order valence-corrected chi connectivity index (χ0v) is 15.1. The highest BCUT2D eigenvalue weighted by Crippen LogP contribution is 2.24. The van der Waals surface area contributed by atoms with Gasteiger partial charge < -0.3 is 10.1 Å². The number of benzene rings is 1. The van der Waals surface area contributed by atoms with Crippen molar-refractivity contribution < 1.29 is 17.9 Å². The molecule has 134 valence electrons. The summed E-state index contributed by atoms with van der Waals surface area (Å²) in [5, 5.41) is 2.87. The van der Waals surface area contributed by atoms with Crippen molar-refractivity contribution in [2.24, 2.45) is 0 Å². The minimum absolute atomic E-state index is 0.0434. The number of hydrogen-bond acceptors (Lipinski definition) is 5. The molecule has 1 amide bonds. The highest BCUT2D eigenvalue weighted by atomic mass is 32.2. The van der Waals surface area contributed by atoms with Gasteiger partial charge in [-0.15, -0.1) is 0 Å². The standard InChI is InChI=1S/C17H21N3O4S/c1-4-12(2)19-16(21)15-6-5-11-18-17(15)24-14-9-7-13(8-10-14)20-25(3,22)23/h5-12,20H,4H2,1-3H3,(H,19,21)/t12-/m0/s1. The Labute approximate surface area is 147 Å². The van der Waals surface area contributed by atoms with Crippen LogP contribution in [0, 0.1) is 0 Å². The highest BCUT2D eigenvalue weighted by molar-refractivity contribution is 7.92. The van der Waals surface area contributed by atoms with E-state index in [-0.39, 0.29) is 17.8 Å². The number of sulfonamides is 1. The molecular formula is C17H21N3O4S. The Hall–Kier alpha value is -2.61. The van der Waals surface area contributed by atoms with Crippen molar-refractivity contribution >= 4 is 21.6 Å². The van der Waals surface area contributed by atoms with Crippen LogP contribution in [0.4, 0.5) is 5.69 Å². The van der Waals surface area contributed by atoms with E-state index in [1.165, 1.54) is 6.20 Å². The minimum Gasteiger partial charge on any atom is -0.438 e. The molecule has 2 rings (SSSR count). The second-order valence-electron chi connectivity index (χ2n) is 5.64. The van der Waals surface area contributed by atoms with Crippen LogP contribution in [0.2, 0.25) is 0 Å². The third-order valence-electron chi connectivity index (χ3n) is 3.38. The first-order valence-corrected chi connectivity index (χ1v) is 9.69. The number of nitrogens with zero attached hydrogens (tertiary/aromatic N) is 1. The fraction of sp³-hybridized carbons (Fsp3) is 0.294. The number of nitrogens with one attached hydrogen (secondary N) is 2. The monoisotopic (exact) mass is 363 g/mol. The van der Waals surface area contributed by atoms with Gasteiger partial charge in [0.05, 0.1) is 6.26 Å². The topological polar surface area (TPSA) is 97.4 Å². The summed E-state index contributed by atoms with van der Waals surface area (Å²) in [6, 6.07) is 9.67. The Morgan fingerprint density at radius 1 is 1.24 bits per heavy atom. The Morgan fingerprint density at radius 3 is 2.52 bits per heavy atom. The molecule has 7 nitrogen and oxygen atoms in total. The largest absolute Gasteiger partial charge is 0.438 e. The van der Waals surface area contributed by atoms with Gasteiger partial charge in [0.25, 0.3) is 5.91 Å². The van der Waals surface area contributed by atoms with Crippen LogP contribution in [-0.2, 0) is 10.0 Å². The Balaban J connectivity index is 2.16. The van der Waals surface area contributed by atoms with Crippen molar-refractivity contribution in [3.05, 3.63) is 48.2 Å². The van der Waals surface area contributed by atoms with Crippen molar-refractivity contribution in [2.45, 2.75) is 26.3 Å². The van der Waals surface area contributed by atoms with E-state index in [1.807, 2.05) is 13.8 Å². The maximum absolute atomic E-state index is 12.3. The summed E-state index contributed by atoms with van der Waals surface area (Å²) >= 11 is 0. The molecule has 2 aromatic rings. The second kappa shape index (κ2) is 7.98. The van der Waals surface area contributed by atoms with Gasteiger partial charge in [0.15, 0.2) is 0 Å². The molecule has 0 saturated heterocycles. The summed E-state index contributed by atoms with van der Waals surface area (Å²) in [4.78, 5) is 16.4. The van der Waals surface area contributed by atoms with Crippen LogP contribution in [0.25, 0.3) is 0 Å². The molecule has 1 aromatic heterocycles. The van der Waals surface area contributed by atoms with Crippen molar-refractivity contribution in [2.75, 3.05) is 11.0 Å². The normalized spacial score (nSPS) is 12.3. The fourth-order valence-electron chi connectivity index (χ4n) is 1.97. The molecule has 0 spiro atoms. The lowest BCUT2D eigenvalue weighted by atomic mass is 10.2. The van der Waals surface area contributed by atoms with E-state index in [2.05, 4.69) is 15.0 Å². The lowest BCUT2D eigenvalue weighted by Gasteiger charge is -2.14. The van der Waals surface area contributed by atoms with E-state index in [4.69, 9.17) is 4.74 Å². The molecule has 0 radical (unpaired) electrons. The Morgan fingerprint density at radius 2 is 1.92 bits per heavy atom. The van der Waals surface area contributed by atoms with E-state index >= 15 is 0 Å². The van der Waals surface area contributed by atoms with Crippen LogP contribution >= 0.6 is 0 Å². The SMILES string of the molecule is CC[C@H](C)NC(=O)c1cccnc1Oc1ccc(NS(C)(=O)=O)cc1. The molecule has 2 N–H and O–H groups in total. The number of ether oxygens (including phenoxy) is 1. The molecule has 1 atom stereocenters. The van der Waals surface area contributed by atoms with E-state index in [0.29, 0.717) is 17.0 Å². The van der Waals surface area contributed by atoms with Gasteiger partial charge in [0.1, 0.15) is 11.3 Å². The zero-order valence-electron chi connectivity index (χ0n) is 14.3. The van der Waals surface area contributed by atoms with E-state index in [0.717, 1.165) is 12.7 Å². The van der Waals surface area contributed by atoms with E-state index in [9.17, 15) is 13.2 Å². The lowest BCUT2D eigenvalue weighted by Crippen LogP contribution is -2.32. The number of anilines is 1. The van der Waals surface area contributed by atoms with Gasteiger partial charge in [-0.25, -0.2) is 13.4 Å². The number of pyridine rings is 1. The summed E-state index contributed by atoms with van der Waals surface area (Å²) < 4.78 is 30.5. The summed E-state index contributed by atoms with van der Waals surface area (Å²) in [6.07, 6.45) is 3.43. The first kappa shape index (κ1) is 18.7. The number of carbonyl (C=O) groups excluding carboxylic acids is 1. The van der Waals surface area contributed by atoms with Crippen LogP contribution < -0.4 is 14.8 Å². The van der Waals surface area contributed by atoms with Crippen LogP contribution in [0.15, 0.2) is 42.6 Å². The third kappa shape index (κ3) is 5.75. The second-order valence-corrected chi connectivity index (χ2v) is 7.39. The van der Waals surface area contributed by atoms with Gasteiger partial charge in [-0.05, 0) is 49.7 Å². The summed E-state index contributed by atoms with van der Waals surface area (Å²) in [5.41, 5.74) is 0.756. The maximum Gasteiger partial charge on any atom is 0.256 e. The van der Waals surface area contributed by atoms with Crippen LogP contribution in [0.1, 0.15) is 30.6 Å².